The summed E-state index contributed by atoms with van der Waals surface area (Å²) < 4.78 is 33.3. The molecular formula is C19H28N4O7S. The first-order chi connectivity index (χ1) is 14.8. The minimum atomic E-state index is -4.17. The van der Waals surface area contributed by atoms with Crippen LogP contribution in [0.15, 0.2) is 17.0 Å². The molecule has 1 heterocycles. The summed E-state index contributed by atoms with van der Waals surface area (Å²) in [6, 6.07) is 2.09. The monoisotopic (exact) mass is 456 g/mol. The molecule has 31 heavy (non-hydrogen) atoms. The van der Waals surface area contributed by atoms with Crippen molar-refractivity contribution in [3.05, 3.63) is 27.8 Å². The number of aliphatic hydroxyl groups excluding tert-OH is 2. The summed E-state index contributed by atoms with van der Waals surface area (Å²) in [4.78, 5) is 13.8. The Bertz CT molecular complexity index is 905. The van der Waals surface area contributed by atoms with Crippen LogP contribution in [0.4, 0.5) is 11.4 Å². The van der Waals surface area contributed by atoms with E-state index in [-0.39, 0.29) is 49.0 Å². The number of sulfonamides is 1. The van der Waals surface area contributed by atoms with Crippen LogP contribution in [-0.4, -0.2) is 106 Å². The lowest BCUT2D eigenvalue weighted by molar-refractivity contribution is -0.385. The molecule has 2 rings (SSSR count). The number of nitro benzene ring substituents is 1. The van der Waals surface area contributed by atoms with Gasteiger partial charge in [-0.1, -0.05) is 5.92 Å². The van der Waals surface area contributed by atoms with E-state index in [0.717, 1.165) is 16.4 Å². The lowest BCUT2D eigenvalue weighted by Crippen LogP contribution is -2.42. The van der Waals surface area contributed by atoms with Crippen LogP contribution < -0.4 is 4.90 Å². The van der Waals surface area contributed by atoms with Gasteiger partial charge in [0.1, 0.15) is 4.90 Å². The number of non-ortho nitro benzene ring substituents is 1. The zero-order valence-corrected chi connectivity index (χ0v) is 18.3. The average Bonchev–Trinajstić information content (AvgIpc) is 2.76. The third-order valence-electron chi connectivity index (χ3n) is 5.01. The molecule has 1 fully saturated rings. The highest BCUT2D eigenvalue weighted by atomic mass is 32.2. The van der Waals surface area contributed by atoms with Gasteiger partial charge in [0.15, 0.2) is 0 Å². The molecule has 0 saturated carbocycles. The smallest absolute Gasteiger partial charge is 0.272 e. The fourth-order valence-electron chi connectivity index (χ4n) is 3.30. The molecule has 0 atom stereocenters. The number of terminal acetylenes is 1. The number of nitro groups is 1. The fraction of sp³-hybridized carbons (Fsp3) is 0.579. The number of rotatable bonds is 11. The Balaban J connectivity index is 2.49. The van der Waals surface area contributed by atoms with E-state index < -0.39 is 20.6 Å². The summed E-state index contributed by atoms with van der Waals surface area (Å²) in [6.45, 7) is 2.51. The molecule has 11 nitrogen and oxygen atoms in total. The first-order valence-electron chi connectivity index (χ1n) is 9.78. The molecule has 0 unspecified atom stereocenters. The summed E-state index contributed by atoms with van der Waals surface area (Å²) >= 11 is 0. The molecule has 12 heteroatoms. The summed E-state index contributed by atoms with van der Waals surface area (Å²) in [5.41, 5.74) is -0.407. The number of anilines is 1. The normalized spacial score (nSPS) is 15.1. The van der Waals surface area contributed by atoms with E-state index in [1.165, 1.54) is 11.9 Å². The molecule has 1 aromatic rings. The highest BCUT2D eigenvalue weighted by molar-refractivity contribution is 7.89. The van der Waals surface area contributed by atoms with Crippen molar-refractivity contribution in [1.82, 2.24) is 9.21 Å². The Morgan fingerprint density at radius 3 is 2.35 bits per heavy atom. The molecule has 1 aromatic carbocycles. The maximum Gasteiger partial charge on any atom is 0.272 e. The third-order valence-corrected chi connectivity index (χ3v) is 6.88. The van der Waals surface area contributed by atoms with Crippen LogP contribution in [0.3, 0.4) is 0 Å². The van der Waals surface area contributed by atoms with E-state index in [1.54, 1.807) is 0 Å². The van der Waals surface area contributed by atoms with Gasteiger partial charge in [-0.3, -0.25) is 15.0 Å². The maximum absolute atomic E-state index is 13.4. The van der Waals surface area contributed by atoms with Gasteiger partial charge < -0.3 is 19.8 Å². The highest BCUT2D eigenvalue weighted by Gasteiger charge is 2.31. The largest absolute Gasteiger partial charge is 0.395 e. The number of benzene rings is 1. The first kappa shape index (κ1) is 25.0. The lowest BCUT2D eigenvalue weighted by atomic mass is 10.1. The van der Waals surface area contributed by atoms with Crippen molar-refractivity contribution in [2.75, 3.05) is 77.6 Å². The van der Waals surface area contributed by atoms with Gasteiger partial charge in [-0.25, -0.2) is 8.42 Å². The minimum Gasteiger partial charge on any atom is -0.395 e. The number of likely N-dealkylation sites (N-methyl/N-ethyl adjacent to an activating group) is 1. The van der Waals surface area contributed by atoms with Crippen LogP contribution in [-0.2, 0) is 14.8 Å². The van der Waals surface area contributed by atoms with Gasteiger partial charge in [0.05, 0.1) is 42.6 Å². The van der Waals surface area contributed by atoms with Gasteiger partial charge in [0.2, 0.25) is 10.0 Å². The number of aliphatic hydroxyl groups is 2. The van der Waals surface area contributed by atoms with Gasteiger partial charge >= 0.3 is 0 Å². The van der Waals surface area contributed by atoms with E-state index >= 15 is 0 Å². The third kappa shape index (κ3) is 6.13. The van der Waals surface area contributed by atoms with Gasteiger partial charge in [-0.05, 0) is 0 Å². The Hall–Kier alpha value is -2.27. The zero-order chi connectivity index (χ0) is 23.0. The minimum absolute atomic E-state index is 0.00347. The second-order valence-electron chi connectivity index (χ2n) is 6.96. The van der Waals surface area contributed by atoms with Crippen molar-refractivity contribution in [1.29, 1.82) is 0 Å². The molecular weight excluding hydrogens is 428 g/mol. The second kappa shape index (κ2) is 11.4. The van der Waals surface area contributed by atoms with Crippen molar-refractivity contribution in [3.8, 4) is 12.3 Å². The molecule has 172 valence electrons. The van der Waals surface area contributed by atoms with Crippen molar-refractivity contribution in [2.45, 2.75) is 4.90 Å². The van der Waals surface area contributed by atoms with E-state index in [2.05, 4.69) is 10.8 Å². The molecule has 0 aromatic heterocycles. The molecule has 0 aliphatic carbocycles. The van der Waals surface area contributed by atoms with E-state index in [9.17, 15) is 28.7 Å². The summed E-state index contributed by atoms with van der Waals surface area (Å²) in [5.74, 6) is 2.31. The summed E-state index contributed by atoms with van der Waals surface area (Å²) in [6.07, 6.45) is 5.54. The van der Waals surface area contributed by atoms with Crippen molar-refractivity contribution in [3.63, 3.8) is 0 Å². The van der Waals surface area contributed by atoms with E-state index in [1.807, 2.05) is 0 Å². The Morgan fingerprint density at radius 2 is 1.84 bits per heavy atom. The Labute approximate surface area is 182 Å². The fourth-order valence-corrected chi connectivity index (χ4v) is 4.71. The standard InChI is InChI=1S/C19H28N4O7S/c1-3-16-14-17(23(26)27)15-18(19(16)22(6-10-24)7-11-25)31(28,29)20(2)4-5-21-8-12-30-13-9-21/h1,14-15,24-25H,4-13H2,2H3. The predicted octanol–water partition coefficient (Wildman–Crippen LogP) is -0.680. The van der Waals surface area contributed by atoms with Gasteiger partial charge in [-0.2, -0.15) is 4.31 Å². The van der Waals surface area contributed by atoms with Crippen LogP contribution in [0.25, 0.3) is 0 Å². The number of hydrogen-bond donors (Lipinski definition) is 2. The zero-order valence-electron chi connectivity index (χ0n) is 17.4. The van der Waals surface area contributed by atoms with Gasteiger partial charge in [-0.15, -0.1) is 6.42 Å². The van der Waals surface area contributed by atoms with Crippen LogP contribution >= 0.6 is 0 Å². The first-order valence-corrected chi connectivity index (χ1v) is 11.2. The maximum atomic E-state index is 13.4. The van der Waals surface area contributed by atoms with Crippen molar-refractivity contribution < 1.29 is 28.3 Å². The molecule has 0 bridgehead atoms. The SMILES string of the molecule is C#Cc1cc([N+](=O)[O-])cc(S(=O)(=O)N(C)CCN2CCOCC2)c1N(CCO)CCO. The molecule has 1 aliphatic rings. The molecule has 1 saturated heterocycles. The molecule has 0 spiro atoms. The van der Waals surface area contributed by atoms with Crippen molar-refractivity contribution in [2.24, 2.45) is 0 Å². The van der Waals surface area contributed by atoms with Gasteiger partial charge in [0.25, 0.3) is 5.69 Å². The predicted molar refractivity (Wildman–Crippen MR) is 114 cm³/mol. The Kier molecular flexibility index (Phi) is 9.17. The Morgan fingerprint density at radius 1 is 1.23 bits per heavy atom. The number of nitrogens with zero attached hydrogens (tertiary/aromatic N) is 4. The van der Waals surface area contributed by atoms with Crippen LogP contribution in [0.2, 0.25) is 0 Å². The number of morpholine rings is 1. The van der Waals surface area contributed by atoms with Crippen LogP contribution in [0.1, 0.15) is 5.56 Å². The molecule has 1 aliphatic heterocycles. The quantitative estimate of drug-likeness (QED) is 0.252. The summed E-state index contributed by atoms with van der Waals surface area (Å²) in [7, 11) is -2.77. The highest BCUT2D eigenvalue weighted by Crippen LogP contribution is 2.35. The van der Waals surface area contributed by atoms with Crippen LogP contribution in [0, 0.1) is 22.5 Å². The molecule has 0 amide bonds. The van der Waals surface area contributed by atoms with Crippen LogP contribution in [0.5, 0.6) is 0 Å². The average molecular weight is 457 g/mol. The molecule has 2 N–H and O–H groups in total. The van der Waals surface area contributed by atoms with E-state index in [4.69, 9.17) is 11.2 Å². The topological polar surface area (TPSA) is 137 Å². The van der Waals surface area contributed by atoms with Crippen molar-refractivity contribution >= 4 is 21.4 Å². The number of hydrogen-bond acceptors (Lipinski definition) is 9. The second-order valence-corrected chi connectivity index (χ2v) is 8.97. The molecule has 0 radical (unpaired) electrons. The summed E-state index contributed by atoms with van der Waals surface area (Å²) in [5, 5.41) is 30.2. The van der Waals surface area contributed by atoms with Gasteiger partial charge in [0, 0.05) is 58.4 Å². The number of ether oxygens (including phenoxy) is 1. The van der Waals surface area contributed by atoms with E-state index in [0.29, 0.717) is 32.8 Å². The lowest BCUT2D eigenvalue weighted by Gasteiger charge is -2.30.